The average molecular weight is 271 g/mol. The van der Waals surface area contributed by atoms with Gasteiger partial charge in [0.05, 0.1) is 0 Å². The van der Waals surface area contributed by atoms with Gasteiger partial charge in [0.1, 0.15) is 0 Å². The van der Waals surface area contributed by atoms with E-state index in [1.165, 1.54) is 5.56 Å². The van der Waals surface area contributed by atoms with Crippen LogP contribution in [0.4, 0.5) is 5.69 Å². The molecule has 0 aliphatic heterocycles. The number of likely N-dealkylation sites (N-methyl/N-ethyl adjacent to an activating group) is 1. The number of benzene rings is 1. The van der Waals surface area contributed by atoms with Crippen LogP contribution in [-0.4, -0.2) is 25.5 Å². The molecule has 0 unspecified atom stereocenters. The molecule has 2 N–H and O–H groups in total. The predicted octanol–water partition coefficient (Wildman–Crippen LogP) is 1.37. The fourth-order valence-electron chi connectivity index (χ4n) is 1.04. The van der Waals surface area contributed by atoms with Gasteiger partial charge >= 0.3 is 0 Å². The normalized spacial score (nSPS) is 9.77. The van der Waals surface area contributed by atoms with Gasteiger partial charge in [0, 0.05) is 32.7 Å². The molecule has 0 bridgehead atoms. The summed E-state index contributed by atoms with van der Waals surface area (Å²) in [5.74, 6) is 0. The van der Waals surface area contributed by atoms with Crippen LogP contribution in [-0.2, 0) is 26.8 Å². The second-order valence-electron chi connectivity index (χ2n) is 3.29. The number of nitrogens with zero attached hydrogens (tertiary/aromatic N) is 1. The molecule has 0 atom stereocenters. The zero-order valence-corrected chi connectivity index (χ0v) is 9.62. The Bertz CT molecular complexity index is 231. The van der Waals surface area contributed by atoms with Gasteiger partial charge in [-0.2, -0.15) is 0 Å². The van der Waals surface area contributed by atoms with Crippen LogP contribution in [0.3, 0.4) is 0 Å². The molecule has 0 aliphatic carbocycles. The van der Waals surface area contributed by atoms with E-state index in [1.54, 1.807) is 0 Å². The third kappa shape index (κ3) is 5.05. The standard InChI is InChI=1S/C10H16N2.Pd/c1-12(2)8-7-9-3-5-10(11)6-4-9;/h3-6H,7-8,11H2,1-2H3;. The van der Waals surface area contributed by atoms with Crippen molar-refractivity contribution in [2.75, 3.05) is 26.4 Å². The first kappa shape index (κ1) is 12.6. The summed E-state index contributed by atoms with van der Waals surface area (Å²) in [5, 5.41) is 0. The van der Waals surface area contributed by atoms with Gasteiger partial charge in [0.15, 0.2) is 0 Å². The van der Waals surface area contributed by atoms with Crippen molar-refractivity contribution in [3.8, 4) is 0 Å². The largest absolute Gasteiger partial charge is 0.399 e. The molecule has 3 heteroatoms. The molecule has 0 aliphatic rings. The Labute approximate surface area is 93.8 Å². The Hall–Kier alpha value is -0.358. The van der Waals surface area contributed by atoms with Gasteiger partial charge in [0.25, 0.3) is 0 Å². The second-order valence-corrected chi connectivity index (χ2v) is 3.29. The number of rotatable bonds is 3. The third-order valence-electron chi connectivity index (χ3n) is 1.83. The van der Waals surface area contributed by atoms with Gasteiger partial charge in [-0.05, 0) is 38.2 Å². The van der Waals surface area contributed by atoms with E-state index in [2.05, 4.69) is 31.1 Å². The quantitative estimate of drug-likeness (QED) is 0.664. The van der Waals surface area contributed by atoms with E-state index >= 15 is 0 Å². The molecule has 13 heavy (non-hydrogen) atoms. The number of nitrogen functional groups attached to an aromatic ring is 1. The summed E-state index contributed by atoms with van der Waals surface area (Å²) in [6.45, 7) is 1.09. The summed E-state index contributed by atoms with van der Waals surface area (Å²) in [5.41, 5.74) is 7.75. The minimum atomic E-state index is 0. The number of hydrogen-bond donors (Lipinski definition) is 1. The molecular formula is C10H16N2Pd. The van der Waals surface area contributed by atoms with Crippen LogP contribution in [0, 0.1) is 0 Å². The molecule has 0 heterocycles. The fraction of sp³-hybridized carbons (Fsp3) is 0.400. The molecule has 0 spiro atoms. The molecule has 76 valence electrons. The molecule has 1 aromatic rings. The number of anilines is 1. The van der Waals surface area contributed by atoms with Crippen LogP contribution in [0.1, 0.15) is 5.56 Å². The SMILES string of the molecule is CN(C)CCc1ccc(N)cc1.[Pd]. The van der Waals surface area contributed by atoms with Crippen molar-refractivity contribution >= 4 is 5.69 Å². The smallest absolute Gasteiger partial charge is 0.0314 e. The zero-order valence-electron chi connectivity index (χ0n) is 8.06. The molecule has 1 rings (SSSR count). The van der Waals surface area contributed by atoms with Crippen molar-refractivity contribution in [3.05, 3.63) is 29.8 Å². The Morgan fingerprint density at radius 3 is 2.15 bits per heavy atom. The summed E-state index contributed by atoms with van der Waals surface area (Å²) in [7, 11) is 4.16. The molecule has 0 fully saturated rings. The van der Waals surface area contributed by atoms with E-state index in [1.807, 2.05) is 12.1 Å². The molecule has 0 amide bonds. The predicted molar refractivity (Wildman–Crippen MR) is 53.1 cm³/mol. The summed E-state index contributed by atoms with van der Waals surface area (Å²) < 4.78 is 0. The third-order valence-corrected chi connectivity index (χ3v) is 1.83. The van der Waals surface area contributed by atoms with Gasteiger partial charge in [-0.25, -0.2) is 0 Å². The summed E-state index contributed by atoms with van der Waals surface area (Å²) in [4.78, 5) is 2.18. The van der Waals surface area contributed by atoms with E-state index in [0.717, 1.165) is 18.7 Å². The van der Waals surface area contributed by atoms with Crippen LogP contribution in [0.2, 0.25) is 0 Å². The van der Waals surface area contributed by atoms with Gasteiger partial charge in [-0.1, -0.05) is 12.1 Å². The average Bonchev–Trinajstić information content (AvgIpc) is 2.03. The van der Waals surface area contributed by atoms with E-state index in [-0.39, 0.29) is 20.4 Å². The summed E-state index contributed by atoms with van der Waals surface area (Å²) >= 11 is 0. The Morgan fingerprint density at radius 2 is 1.69 bits per heavy atom. The molecule has 0 saturated carbocycles. The van der Waals surface area contributed by atoms with E-state index in [9.17, 15) is 0 Å². The zero-order chi connectivity index (χ0) is 8.97. The van der Waals surface area contributed by atoms with Gasteiger partial charge < -0.3 is 10.6 Å². The first-order chi connectivity index (χ1) is 5.68. The molecule has 0 aromatic heterocycles. The van der Waals surface area contributed by atoms with Crippen molar-refractivity contribution in [2.45, 2.75) is 6.42 Å². The molecule has 0 radical (unpaired) electrons. The van der Waals surface area contributed by atoms with Crippen molar-refractivity contribution in [3.63, 3.8) is 0 Å². The van der Waals surface area contributed by atoms with Crippen LogP contribution < -0.4 is 5.73 Å². The van der Waals surface area contributed by atoms with Crippen LogP contribution in [0.5, 0.6) is 0 Å². The van der Waals surface area contributed by atoms with E-state index in [4.69, 9.17) is 5.73 Å². The second kappa shape index (κ2) is 6.15. The van der Waals surface area contributed by atoms with Crippen molar-refractivity contribution in [1.29, 1.82) is 0 Å². The van der Waals surface area contributed by atoms with Gasteiger partial charge in [0.2, 0.25) is 0 Å². The van der Waals surface area contributed by atoms with Crippen molar-refractivity contribution in [2.24, 2.45) is 0 Å². The first-order valence-electron chi connectivity index (χ1n) is 4.17. The van der Waals surface area contributed by atoms with E-state index in [0.29, 0.717) is 0 Å². The van der Waals surface area contributed by atoms with Crippen LogP contribution in [0.15, 0.2) is 24.3 Å². The van der Waals surface area contributed by atoms with Crippen LogP contribution >= 0.6 is 0 Å². The molecule has 0 saturated heterocycles. The van der Waals surface area contributed by atoms with Gasteiger partial charge in [-0.15, -0.1) is 0 Å². The topological polar surface area (TPSA) is 29.3 Å². The Morgan fingerprint density at radius 1 is 1.15 bits per heavy atom. The van der Waals surface area contributed by atoms with Crippen molar-refractivity contribution < 1.29 is 20.4 Å². The minimum absolute atomic E-state index is 0. The maximum absolute atomic E-state index is 5.57. The Kier molecular flexibility index (Phi) is 5.98. The summed E-state index contributed by atoms with van der Waals surface area (Å²) in [6, 6.07) is 8.06. The molecular weight excluding hydrogens is 255 g/mol. The maximum Gasteiger partial charge on any atom is 0.0314 e. The number of nitrogens with two attached hydrogens (primary N) is 1. The fourth-order valence-corrected chi connectivity index (χ4v) is 1.04. The summed E-state index contributed by atoms with van der Waals surface area (Å²) in [6.07, 6.45) is 1.09. The first-order valence-corrected chi connectivity index (χ1v) is 4.17. The van der Waals surface area contributed by atoms with Crippen LogP contribution in [0.25, 0.3) is 0 Å². The molecule has 2 nitrogen and oxygen atoms in total. The maximum atomic E-state index is 5.57. The Balaban J connectivity index is 0.00000144. The number of hydrogen-bond acceptors (Lipinski definition) is 2. The molecule has 1 aromatic carbocycles. The monoisotopic (exact) mass is 270 g/mol. The minimum Gasteiger partial charge on any atom is -0.399 e. The van der Waals surface area contributed by atoms with Crippen molar-refractivity contribution in [1.82, 2.24) is 4.90 Å². The van der Waals surface area contributed by atoms with Gasteiger partial charge in [-0.3, -0.25) is 0 Å². The van der Waals surface area contributed by atoms with E-state index < -0.39 is 0 Å².